The van der Waals surface area contributed by atoms with E-state index in [1.807, 2.05) is 9.80 Å². The molecule has 3 fully saturated rings. The summed E-state index contributed by atoms with van der Waals surface area (Å²) in [6, 6.07) is 4.53. The third kappa shape index (κ3) is 2.71. The highest BCUT2D eigenvalue weighted by Gasteiger charge is 2.66. The van der Waals surface area contributed by atoms with Crippen LogP contribution in [-0.2, 0) is 16.0 Å². The number of amides is 2. The van der Waals surface area contributed by atoms with Crippen molar-refractivity contribution in [2.45, 2.75) is 19.3 Å². The summed E-state index contributed by atoms with van der Waals surface area (Å²) in [5.74, 6) is 0.306. The molecule has 2 unspecified atom stereocenters. The second kappa shape index (κ2) is 6.30. The number of nitrogens with zero attached hydrogens (tertiary/aromatic N) is 2. The topological polar surface area (TPSA) is 76.6 Å². The maximum atomic E-state index is 13.4. The molecule has 3 heterocycles. The van der Waals surface area contributed by atoms with Crippen LogP contribution in [0.5, 0.6) is 0 Å². The van der Waals surface area contributed by atoms with Gasteiger partial charge in [-0.25, -0.2) is 4.39 Å². The van der Waals surface area contributed by atoms with E-state index in [2.05, 4.69) is 4.98 Å². The van der Waals surface area contributed by atoms with E-state index in [4.69, 9.17) is 0 Å². The molecule has 2 saturated heterocycles. The van der Waals surface area contributed by atoms with Crippen LogP contribution >= 0.6 is 0 Å². The molecule has 148 valence electrons. The molecule has 1 aromatic heterocycles. The fourth-order valence-corrected chi connectivity index (χ4v) is 5.06. The van der Waals surface area contributed by atoms with E-state index >= 15 is 0 Å². The standard InChI is InChI=1S/C21H24FN3O3/c22-16-1-2-17-14(8-23-18(17)6-16)5-19(27)25-10-15-7-21(15,12-25)20(28)24-4-3-13(9-24)11-26/h1-2,6,8,13,15,23,26H,3-5,7,9-12H2/t13-,15?,21?/m0/s1. The van der Waals surface area contributed by atoms with Gasteiger partial charge in [0, 0.05) is 55.8 Å². The zero-order valence-electron chi connectivity index (χ0n) is 15.7. The number of rotatable bonds is 4. The highest BCUT2D eigenvalue weighted by Crippen LogP contribution is 2.59. The van der Waals surface area contributed by atoms with Gasteiger partial charge in [0.05, 0.1) is 11.8 Å². The van der Waals surface area contributed by atoms with Crippen molar-refractivity contribution in [2.24, 2.45) is 17.3 Å². The SMILES string of the molecule is O=C(Cc1c[nH]c2cc(F)ccc12)N1CC2CC2(C(=O)N2CC[C@H](CO)C2)C1. The van der Waals surface area contributed by atoms with Crippen LogP contribution in [0, 0.1) is 23.1 Å². The Morgan fingerprint density at radius 3 is 2.93 bits per heavy atom. The Morgan fingerprint density at radius 1 is 1.29 bits per heavy atom. The quantitative estimate of drug-likeness (QED) is 0.838. The molecule has 0 bridgehead atoms. The Balaban J connectivity index is 1.26. The number of halogens is 1. The number of carbonyl (C=O) groups is 2. The van der Waals surface area contributed by atoms with E-state index < -0.39 is 5.41 Å². The number of nitrogens with one attached hydrogen (secondary N) is 1. The van der Waals surface area contributed by atoms with Gasteiger partial charge >= 0.3 is 0 Å². The van der Waals surface area contributed by atoms with E-state index in [9.17, 15) is 19.1 Å². The molecule has 6 nitrogen and oxygen atoms in total. The molecule has 3 aliphatic rings. The minimum Gasteiger partial charge on any atom is -0.396 e. The first-order chi connectivity index (χ1) is 13.5. The molecule has 1 aliphatic carbocycles. The highest BCUT2D eigenvalue weighted by molar-refractivity contribution is 5.91. The maximum absolute atomic E-state index is 13.4. The fraction of sp³-hybridized carbons (Fsp3) is 0.524. The zero-order valence-corrected chi connectivity index (χ0v) is 15.7. The number of piperidine rings is 1. The third-order valence-electron chi connectivity index (χ3n) is 6.83. The van der Waals surface area contributed by atoms with Gasteiger partial charge in [0.1, 0.15) is 5.82 Å². The van der Waals surface area contributed by atoms with Gasteiger partial charge in [-0.1, -0.05) is 0 Å². The molecule has 1 saturated carbocycles. The number of hydrogen-bond acceptors (Lipinski definition) is 3. The number of aromatic amines is 1. The molecule has 3 atom stereocenters. The van der Waals surface area contributed by atoms with Gasteiger partial charge in [0.25, 0.3) is 0 Å². The minimum atomic E-state index is -0.399. The number of benzene rings is 1. The van der Waals surface area contributed by atoms with Crippen molar-refractivity contribution in [1.29, 1.82) is 0 Å². The van der Waals surface area contributed by atoms with Crippen LogP contribution in [0.3, 0.4) is 0 Å². The maximum Gasteiger partial charge on any atom is 0.230 e. The van der Waals surface area contributed by atoms with Crippen molar-refractivity contribution in [1.82, 2.24) is 14.8 Å². The summed E-state index contributed by atoms with van der Waals surface area (Å²) >= 11 is 0. The van der Waals surface area contributed by atoms with Gasteiger partial charge in [-0.3, -0.25) is 9.59 Å². The molecule has 5 rings (SSSR count). The average molecular weight is 385 g/mol. The number of aliphatic hydroxyl groups excluding tert-OH is 1. The van der Waals surface area contributed by atoms with Crippen LogP contribution in [0.15, 0.2) is 24.4 Å². The molecule has 2 N–H and O–H groups in total. The van der Waals surface area contributed by atoms with Crippen LogP contribution < -0.4 is 0 Å². The summed E-state index contributed by atoms with van der Waals surface area (Å²) in [5.41, 5.74) is 1.14. The molecule has 2 aromatic rings. The van der Waals surface area contributed by atoms with Gasteiger partial charge in [0.2, 0.25) is 11.8 Å². The van der Waals surface area contributed by atoms with E-state index in [0.717, 1.165) is 23.8 Å². The summed E-state index contributed by atoms with van der Waals surface area (Å²) in [6.45, 7) is 2.59. The lowest BCUT2D eigenvalue weighted by atomic mass is 10.0. The normalized spacial score (nSPS) is 28.8. The number of H-pyrrole nitrogens is 1. The summed E-state index contributed by atoms with van der Waals surface area (Å²) in [5, 5.41) is 10.2. The number of aromatic nitrogens is 1. The molecule has 2 aliphatic heterocycles. The van der Waals surface area contributed by atoms with Gasteiger partial charge in [-0.2, -0.15) is 0 Å². The van der Waals surface area contributed by atoms with E-state index in [1.54, 1.807) is 12.3 Å². The van der Waals surface area contributed by atoms with Gasteiger partial charge in [0.15, 0.2) is 0 Å². The smallest absolute Gasteiger partial charge is 0.230 e. The molecule has 1 aromatic carbocycles. The van der Waals surface area contributed by atoms with Crippen molar-refractivity contribution in [3.8, 4) is 0 Å². The molecular weight excluding hydrogens is 361 g/mol. The van der Waals surface area contributed by atoms with Crippen LogP contribution in [0.2, 0.25) is 0 Å². The second-order valence-corrected chi connectivity index (χ2v) is 8.60. The average Bonchev–Trinajstić information content (AvgIpc) is 3.08. The minimum absolute atomic E-state index is 0.0132. The van der Waals surface area contributed by atoms with Crippen molar-refractivity contribution < 1.29 is 19.1 Å². The molecule has 0 radical (unpaired) electrons. The molecule has 7 heteroatoms. The van der Waals surface area contributed by atoms with Crippen molar-refractivity contribution in [2.75, 3.05) is 32.8 Å². The highest BCUT2D eigenvalue weighted by atomic mass is 19.1. The summed E-state index contributed by atoms with van der Waals surface area (Å²) in [4.78, 5) is 32.6. The molecule has 2 amide bonds. The number of hydrogen-bond donors (Lipinski definition) is 2. The van der Waals surface area contributed by atoms with Crippen LogP contribution in [0.4, 0.5) is 4.39 Å². The molecular formula is C21H24FN3O3. The van der Waals surface area contributed by atoms with Crippen LogP contribution in [0.1, 0.15) is 18.4 Å². The Morgan fingerprint density at radius 2 is 2.14 bits per heavy atom. The second-order valence-electron chi connectivity index (χ2n) is 8.60. The molecule has 28 heavy (non-hydrogen) atoms. The number of fused-ring (bicyclic) bond motifs is 2. The van der Waals surface area contributed by atoms with Crippen molar-refractivity contribution in [3.05, 3.63) is 35.8 Å². The first-order valence-corrected chi connectivity index (χ1v) is 9.94. The van der Waals surface area contributed by atoms with Crippen molar-refractivity contribution in [3.63, 3.8) is 0 Å². The Hall–Kier alpha value is -2.41. The molecule has 0 spiro atoms. The van der Waals surface area contributed by atoms with Gasteiger partial charge in [-0.05, 0) is 42.5 Å². The van der Waals surface area contributed by atoms with Gasteiger partial charge < -0.3 is 19.9 Å². The van der Waals surface area contributed by atoms with E-state index in [0.29, 0.717) is 31.7 Å². The number of likely N-dealkylation sites (tertiary alicyclic amines) is 2. The Bertz CT molecular complexity index is 958. The van der Waals surface area contributed by atoms with Crippen LogP contribution in [0.25, 0.3) is 10.9 Å². The Labute approximate surface area is 162 Å². The zero-order chi connectivity index (χ0) is 19.5. The predicted molar refractivity (Wildman–Crippen MR) is 101 cm³/mol. The summed E-state index contributed by atoms with van der Waals surface area (Å²) in [7, 11) is 0. The number of carbonyl (C=O) groups excluding carboxylic acids is 2. The lowest BCUT2D eigenvalue weighted by Crippen LogP contribution is -2.41. The fourth-order valence-electron chi connectivity index (χ4n) is 5.06. The summed E-state index contributed by atoms with van der Waals surface area (Å²) in [6.07, 6.45) is 3.73. The first-order valence-electron chi connectivity index (χ1n) is 9.94. The largest absolute Gasteiger partial charge is 0.396 e. The van der Waals surface area contributed by atoms with Crippen LogP contribution in [-0.4, -0.2) is 64.5 Å². The predicted octanol–water partition coefficient (Wildman–Crippen LogP) is 1.54. The number of aliphatic hydroxyl groups is 1. The monoisotopic (exact) mass is 385 g/mol. The summed E-state index contributed by atoms with van der Waals surface area (Å²) < 4.78 is 13.4. The van der Waals surface area contributed by atoms with Gasteiger partial charge in [-0.15, -0.1) is 0 Å². The Kier molecular flexibility index (Phi) is 3.98. The lowest BCUT2D eigenvalue weighted by molar-refractivity contribution is -0.137. The third-order valence-corrected chi connectivity index (χ3v) is 6.83. The lowest BCUT2D eigenvalue weighted by Gasteiger charge is -2.24. The van der Waals surface area contributed by atoms with E-state index in [1.165, 1.54) is 12.1 Å². The van der Waals surface area contributed by atoms with E-state index in [-0.39, 0.29) is 42.5 Å². The first kappa shape index (κ1) is 17.7. The van der Waals surface area contributed by atoms with Crippen molar-refractivity contribution >= 4 is 22.7 Å².